The van der Waals surface area contributed by atoms with Gasteiger partial charge in [-0.05, 0) is 18.6 Å². The maximum absolute atomic E-state index is 11.3. The first-order valence-corrected chi connectivity index (χ1v) is 5.20. The number of para-hydroxylation sites is 1. The first kappa shape index (κ1) is 12.1. The van der Waals surface area contributed by atoms with E-state index in [9.17, 15) is 4.79 Å². The Morgan fingerprint density at radius 3 is 2.94 bits per heavy atom. The maximum atomic E-state index is 11.3. The van der Waals surface area contributed by atoms with Gasteiger partial charge in [0.1, 0.15) is 6.07 Å². The summed E-state index contributed by atoms with van der Waals surface area (Å²) in [7, 11) is 0. The Hall–Kier alpha value is -2.02. The van der Waals surface area contributed by atoms with Gasteiger partial charge in [0.25, 0.3) is 0 Å². The number of carbonyl (C=O) groups is 1. The van der Waals surface area contributed by atoms with Gasteiger partial charge in [-0.1, -0.05) is 25.5 Å². The van der Waals surface area contributed by atoms with Gasteiger partial charge in [0.05, 0.1) is 17.9 Å². The molecular weight excluding hydrogens is 204 g/mol. The van der Waals surface area contributed by atoms with Crippen molar-refractivity contribution in [3.63, 3.8) is 0 Å². The number of rotatable bonds is 4. The topological polar surface area (TPSA) is 62.1 Å². The number of nitrogens with zero attached hydrogens (tertiary/aromatic N) is 1. The van der Waals surface area contributed by atoms with Gasteiger partial charge in [-0.3, -0.25) is 5.32 Å². The Kier molecular flexibility index (Phi) is 4.87. The number of hydrogen-bond acceptors (Lipinski definition) is 3. The Labute approximate surface area is 94.8 Å². The summed E-state index contributed by atoms with van der Waals surface area (Å²) in [5.41, 5.74) is 0.904. The predicted octanol–water partition coefficient (Wildman–Crippen LogP) is 2.91. The average Bonchev–Trinajstić information content (AvgIpc) is 2.30. The fourth-order valence-electron chi connectivity index (χ4n) is 1.14. The molecule has 0 radical (unpaired) electrons. The van der Waals surface area contributed by atoms with Crippen molar-refractivity contribution in [1.82, 2.24) is 0 Å². The summed E-state index contributed by atoms with van der Waals surface area (Å²) < 4.78 is 4.93. The molecule has 4 nitrogen and oxygen atoms in total. The summed E-state index contributed by atoms with van der Waals surface area (Å²) in [6.45, 7) is 2.42. The monoisotopic (exact) mass is 218 g/mol. The van der Waals surface area contributed by atoms with Gasteiger partial charge >= 0.3 is 6.09 Å². The van der Waals surface area contributed by atoms with Crippen LogP contribution in [-0.2, 0) is 4.74 Å². The number of anilines is 1. The summed E-state index contributed by atoms with van der Waals surface area (Å²) in [6, 6.07) is 8.80. The van der Waals surface area contributed by atoms with Crippen LogP contribution >= 0.6 is 0 Å². The molecule has 1 rings (SSSR count). The third-order valence-corrected chi connectivity index (χ3v) is 2.02. The molecule has 0 aliphatic rings. The van der Waals surface area contributed by atoms with E-state index in [-0.39, 0.29) is 0 Å². The van der Waals surface area contributed by atoms with Crippen molar-refractivity contribution >= 4 is 11.8 Å². The molecule has 0 spiro atoms. The van der Waals surface area contributed by atoms with Crippen molar-refractivity contribution in [2.75, 3.05) is 11.9 Å². The van der Waals surface area contributed by atoms with E-state index in [0.717, 1.165) is 12.8 Å². The molecule has 0 unspecified atom stereocenters. The van der Waals surface area contributed by atoms with Gasteiger partial charge in [-0.2, -0.15) is 5.26 Å². The zero-order valence-electron chi connectivity index (χ0n) is 9.19. The number of amides is 1. The number of unbranched alkanes of at least 4 members (excludes halogenated alkanes) is 1. The molecule has 0 saturated carbocycles. The van der Waals surface area contributed by atoms with Crippen molar-refractivity contribution < 1.29 is 9.53 Å². The van der Waals surface area contributed by atoms with Crippen LogP contribution in [0.2, 0.25) is 0 Å². The highest BCUT2D eigenvalue weighted by molar-refractivity contribution is 5.86. The Morgan fingerprint density at radius 2 is 2.25 bits per heavy atom. The molecule has 0 saturated heterocycles. The van der Waals surface area contributed by atoms with Crippen LogP contribution in [-0.4, -0.2) is 12.7 Å². The number of nitrogens with one attached hydrogen (secondary N) is 1. The highest BCUT2D eigenvalue weighted by Gasteiger charge is 2.06. The zero-order valence-corrected chi connectivity index (χ0v) is 9.19. The van der Waals surface area contributed by atoms with E-state index in [2.05, 4.69) is 5.32 Å². The lowest BCUT2D eigenvalue weighted by molar-refractivity contribution is 0.160. The zero-order chi connectivity index (χ0) is 11.8. The molecule has 0 aliphatic carbocycles. The molecule has 0 fully saturated rings. The van der Waals surface area contributed by atoms with E-state index in [1.54, 1.807) is 24.3 Å². The highest BCUT2D eigenvalue weighted by Crippen LogP contribution is 2.13. The quantitative estimate of drug-likeness (QED) is 0.790. The molecule has 0 heterocycles. The fourth-order valence-corrected chi connectivity index (χ4v) is 1.14. The summed E-state index contributed by atoms with van der Waals surface area (Å²) >= 11 is 0. The average molecular weight is 218 g/mol. The molecule has 1 aromatic rings. The molecule has 0 aliphatic heterocycles. The van der Waals surface area contributed by atoms with Crippen molar-refractivity contribution in [2.45, 2.75) is 19.8 Å². The number of nitriles is 1. The first-order valence-electron chi connectivity index (χ1n) is 5.20. The van der Waals surface area contributed by atoms with Gasteiger partial charge < -0.3 is 4.74 Å². The third-order valence-electron chi connectivity index (χ3n) is 2.02. The number of carbonyl (C=O) groups excluding carboxylic acids is 1. The lowest BCUT2D eigenvalue weighted by Gasteiger charge is -2.07. The SMILES string of the molecule is CCCCOC(=O)Nc1ccccc1C#N. The van der Waals surface area contributed by atoms with Crippen LogP contribution < -0.4 is 5.32 Å². The van der Waals surface area contributed by atoms with Crippen molar-refractivity contribution in [2.24, 2.45) is 0 Å². The van der Waals surface area contributed by atoms with Crippen LogP contribution in [0, 0.1) is 11.3 Å². The van der Waals surface area contributed by atoms with Gasteiger partial charge in [0, 0.05) is 0 Å². The Morgan fingerprint density at radius 1 is 1.50 bits per heavy atom. The van der Waals surface area contributed by atoms with Gasteiger partial charge in [-0.15, -0.1) is 0 Å². The highest BCUT2D eigenvalue weighted by atomic mass is 16.5. The summed E-state index contributed by atoms with van der Waals surface area (Å²) in [5, 5.41) is 11.3. The van der Waals surface area contributed by atoms with E-state index < -0.39 is 6.09 Å². The van der Waals surface area contributed by atoms with Gasteiger partial charge in [0.15, 0.2) is 0 Å². The minimum absolute atomic E-state index is 0.400. The molecular formula is C12H14N2O2. The molecule has 1 N–H and O–H groups in total. The number of hydrogen-bond donors (Lipinski definition) is 1. The normalized spacial score (nSPS) is 9.25. The first-order chi connectivity index (χ1) is 7.77. The van der Waals surface area contributed by atoms with Crippen LogP contribution in [0.3, 0.4) is 0 Å². The molecule has 0 aromatic heterocycles. The number of benzene rings is 1. The molecule has 1 aromatic carbocycles. The van der Waals surface area contributed by atoms with E-state index in [1.165, 1.54) is 0 Å². The van der Waals surface area contributed by atoms with Crippen molar-refractivity contribution in [3.8, 4) is 6.07 Å². The third kappa shape index (κ3) is 3.62. The lowest BCUT2D eigenvalue weighted by atomic mass is 10.2. The molecule has 4 heteroatoms. The van der Waals surface area contributed by atoms with Crippen LogP contribution in [0.1, 0.15) is 25.3 Å². The van der Waals surface area contributed by atoms with E-state index in [4.69, 9.17) is 10.00 Å². The lowest BCUT2D eigenvalue weighted by Crippen LogP contribution is -2.15. The molecule has 84 valence electrons. The molecule has 16 heavy (non-hydrogen) atoms. The largest absolute Gasteiger partial charge is 0.449 e. The standard InChI is InChI=1S/C12H14N2O2/c1-2-3-8-16-12(15)14-11-7-5-4-6-10(11)9-13/h4-7H,2-3,8H2,1H3,(H,14,15). The fraction of sp³-hybridized carbons (Fsp3) is 0.333. The summed E-state index contributed by atoms with van der Waals surface area (Å²) in [5.74, 6) is 0. The smallest absolute Gasteiger partial charge is 0.411 e. The van der Waals surface area contributed by atoms with E-state index in [0.29, 0.717) is 17.9 Å². The number of ether oxygens (including phenoxy) is 1. The second kappa shape index (κ2) is 6.46. The summed E-state index contributed by atoms with van der Waals surface area (Å²) in [4.78, 5) is 11.3. The summed E-state index contributed by atoms with van der Waals surface area (Å²) in [6.07, 6.45) is 1.30. The van der Waals surface area contributed by atoms with Crippen LogP contribution in [0.4, 0.5) is 10.5 Å². The van der Waals surface area contributed by atoms with Crippen molar-refractivity contribution in [3.05, 3.63) is 29.8 Å². The van der Waals surface area contributed by atoms with Crippen LogP contribution in [0.15, 0.2) is 24.3 Å². The molecule has 0 bridgehead atoms. The van der Waals surface area contributed by atoms with Crippen LogP contribution in [0.25, 0.3) is 0 Å². The molecule has 0 atom stereocenters. The Balaban J connectivity index is 2.53. The Bertz CT molecular complexity index is 396. The van der Waals surface area contributed by atoms with Gasteiger partial charge in [-0.25, -0.2) is 4.79 Å². The van der Waals surface area contributed by atoms with Crippen LogP contribution in [0.5, 0.6) is 0 Å². The minimum Gasteiger partial charge on any atom is -0.449 e. The van der Waals surface area contributed by atoms with Gasteiger partial charge in [0.2, 0.25) is 0 Å². The van der Waals surface area contributed by atoms with E-state index >= 15 is 0 Å². The second-order valence-corrected chi connectivity index (χ2v) is 3.27. The molecule has 1 amide bonds. The predicted molar refractivity (Wildman–Crippen MR) is 61.0 cm³/mol. The second-order valence-electron chi connectivity index (χ2n) is 3.27. The maximum Gasteiger partial charge on any atom is 0.411 e. The minimum atomic E-state index is -0.517. The van der Waals surface area contributed by atoms with Crippen molar-refractivity contribution in [1.29, 1.82) is 5.26 Å². The van der Waals surface area contributed by atoms with E-state index in [1.807, 2.05) is 13.0 Å².